The number of hydrogen-bond acceptors (Lipinski definition) is 3. The van der Waals surface area contributed by atoms with Gasteiger partial charge in [-0.2, -0.15) is 0 Å². The number of halogens is 1. The first-order valence-corrected chi connectivity index (χ1v) is 8.00. The molecule has 3 nitrogen and oxygen atoms in total. The van der Waals surface area contributed by atoms with E-state index >= 15 is 0 Å². The molecule has 0 saturated carbocycles. The van der Waals surface area contributed by atoms with E-state index in [9.17, 15) is 0 Å². The summed E-state index contributed by atoms with van der Waals surface area (Å²) in [6.07, 6.45) is 3.68. The Hall–Kier alpha value is -1.39. The number of nitrogens with zero attached hydrogens (tertiary/aromatic N) is 2. The van der Waals surface area contributed by atoms with E-state index in [1.54, 1.807) is 0 Å². The number of likely N-dealkylation sites (N-methyl/N-ethyl adjacent to an activating group) is 1. The fraction of sp³-hybridized carbons (Fsp3) is 0.353. The van der Waals surface area contributed by atoms with E-state index in [-0.39, 0.29) is 6.04 Å². The molecule has 0 fully saturated rings. The number of aromatic nitrogens is 1. The molecule has 0 bridgehead atoms. The molecule has 1 atom stereocenters. The van der Waals surface area contributed by atoms with Crippen LogP contribution in [0.4, 0.5) is 5.69 Å². The van der Waals surface area contributed by atoms with Crippen LogP contribution in [0, 0.1) is 0 Å². The Morgan fingerprint density at radius 2 is 2.10 bits per heavy atom. The Labute approximate surface area is 135 Å². The molecule has 2 rings (SSSR count). The van der Waals surface area contributed by atoms with Crippen LogP contribution >= 0.6 is 15.9 Å². The monoisotopic (exact) mass is 347 g/mol. The molecule has 1 unspecified atom stereocenters. The molecule has 0 amide bonds. The zero-order chi connectivity index (χ0) is 15.2. The van der Waals surface area contributed by atoms with Crippen molar-refractivity contribution in [3.05, 3.63) is 58.3 Å². The van der Waals surface area contributed by atoms with Crippen molar-refractivity contribution >= 4 is 21.6 Å². The number of rotatable bonds is 6. The number of nitrogens with two attached hydrogens (primary N) is 1. The SMILES string of the molecule is CC(N)Cc1ccc(N(C)CCc2ccccn2)c(Br)c1. The molecule has 0 aliphatic carbocycles. The molecule has 0 aliphatic heterocycles. The standard InChI is InChI=1S/C17H22BrN3/c1-13(19)11-14-6-7-17(16(18)12-14)21(2)10-8-15-5-3-4-9-20-15/h3-7,9,12-13H,8,10-11,19H2,1-2H3. The Balaban J connectivity index is 2.00. The van der Waals surface area contributed by atoms with Gasteiger partial charge in [0.25, 0.3) is 0 Å². The van der Waals surface area contributed by atoms with Gasteiger partial charge in [-0.3, -0.25) is 4.98 Å². The van der Waals surface area contributed by atoms with Crippen LogP contribution in [0.15, 0.2) is 47.1 Å². The zero-order valence-corrected chi connectivity index (χ0v) is 14.2. The highest BCUT2D eigenvalue weighted by atomic mass is 79.9. The molecular weight excluding hydrogens is 326 g/mol. The third kappa shape index (κ3) is 4.83. The summed E-state index contributed by atoms with van der Waals surface area (Å²) in [5, 5.41) is 0. The number of hydrogen-bond donors (Lipinski definition) is 1. The first kappa shape index (κ1) is 16.0. The lowest BCUT2D eigenvalue weighted by Gasteiger charge is -2.21. The van der Waals surface area contributed by atoms with Crippen LogP contribution in [-0.2, 0) is 12.8 Å². The van der Waals surface area contributed by atoms with Crippen LogP contribution in [0.3, 0.4) is 0 Å². The average Bonchev–Trinajstić information content (AvgIpc) is 2.45. The molecule has 2 N–H and O–H groups in total. The largest absolute Gasteiger partial charge is 0.373 e. The zero-order valence-electron chi connectivity index (χ0n) is 12.6. The van der Waals surface area contributed by atoms with E-state index in [4.69, 9.17) is 5.73 Å². The Bertz CT molecular complexity index is 570. The third-order valence-corrected chi connectivity index (χ3v) is 4.05. The van der Waals surface area contributed by atoms with Crippen LogP contribution in [-0.4, -0.2) is 24.6 Å². The van der Waals surface area contributed by atoms with Gasteiger partial charge in [0.05, 0.1) is 5.69 Å². The molecule has 0 radical (unpaired) electrons. The van der Waals surface area contributed by atoms with Crippen LogP contribution in [0.25, 0.3) is 0 Å². The Morgan fingerprint density at radius 1 is 1.29 bits per heavy atom. The van der Waals surface area contributed by atoms with E-state index in [0.29, 0.717) is 0 Å². The lowest BCUT2D eigenvalue weighted by Crippen LogP contribution is -2.21. The van der Waals surface area contributed by atoms with Gasteiger partial charge in [0, 0.05) is 42.4 Å². The van der Waals surface area contributed by atoms with Crippen molar-refractivity contribution in [3.8, 4) is 0 Å². The highest BCUT2D eigenvalue weighted by molar-refractivity contribution is 9.10. The second-order valence-corrected chi connectivity index (χ2v) is 6.31. The third-order valence-electron chi connectivity index (χ3n) is 3.41. The predicted octanol–water partition coefficient (Wildman–Crippen LogP) is 3.41. The van der Waals surface area contributed by atoms with E-state index in [1.165, 1.54) is 11.3 Å². The molecule has 1 aromatic heterocycles. The van der Waals surface area contributed by atoms with Gasteiger partial charge in [-0.15, -0.1) is 0 Å². The van der Waals surface area contributed by atoms with Gasteiger partial charge in [0.15, 0.2) is 0 Å². The number of benzene rings is 1. The second-order valence-electron chi connectivity index (χ2n) is 5.46. The number of pyridine rings is 1. The van der Waals surface area contributed by atoms with Crippen LogP contribution in [0.1, 0.15) is 18.2 Å². The fourth-order valence-corrected chi connectivity index (χ4v) is 3.04. The van der Waals surface area contributed by atoms with Gasteiger partial charge in [-0.1, -0.05) is 12.1 Å². The summed E-state index contributed by atoms with van der Waals surface area (Å²) in [5.74, 6) is 0. The summed E-state index contributed by atoms with van der Waals surface area (Å²) in [7, 11) is 2.11. The molecule has 4 heteroatoms. The molecule has 0 saturated heterocycles. The highest BCUT2D eigenvalue weighted by Gasteiger charge is 2.08. The van der Waals surface area contributed by atoms with Gasteiger partial charge in [-0.25, -0.2) is 0 Å². The second kappa shape index (κ2) is 7.57. The van der Waals surface area contributed by atoms with E-state index in [0.717, 1.165) is 29.6 Å². The van der Waals surface area contributed by atoms with Crippen molar-refractivity contribution in [2.75, 3.05) is 18.5 Å². The van der Waals surface area contributed by atoms with Crippen molar-refractivity contribution in [2.24, 2.45) is 5.73 Å². The molecule has 1 heterocycles. The molecule has 0 spiro atoms. The molecule has 112 valence electrons. The van der Waals surface area contributed by atoms with Crippen molar-refractivity contribution in [2.45, 2.75) is 25.8 Å². The van der Waals surface area contributed by atoms with Crippen LogP contribution in [0.2, 0.25) is 0 Å². The predicted molar refractivity (Wildman–Crippen MR) is 92.7 cm³/mol. The van der Waals surface area contributed by atoms with Crippen molar-refractivity contribution in [3.63, 3.8) is 0 Å². The molecule has 2 aromatic rings. The lowest BCUT2D eigenvalue weighted by atomic mass is 10.1. The fourth-order valence-electron chi connectivity index (χ4n) is 2.31. The summed E-state index contributed by atoms with van der Waals surface area (Å²) in [4.78, 5) is 6.61. The van der Waals surface area contributed by atoms with Gasteiger partial charge >= 0.3 is 0 Å². The van der Waals surface area contributed by atoms with Gasteiger partial charge in [-0.05, 0) is 59.1 Å². The van der Waals surface area contributed by atoms with E-state index in [2.05, 4.69) is 57.1 Å². The Morgan fingerprint density at radius 3 is 2.71 bits per heavy atom. The van der Waals surface area contributed by atoms with E-state index < -0.39 is 0 Å². The maximum atomic E-state index is 5.85. The quantitative estimate of drug-likeness (QED) is 0.870. The average molecular weight is 348 g/mol. The summed E-state index contributed by atoms with van der Waals surface area (Å²) in [6, 6.07) is 12.7. The van der Waals surface area contributed by atoms with Crippen molar-refractivity contribution < 1.29 is 0 Å². The lowest BCUT2D eigenvalue weighted by molar-refractivity contribution is 0.737. The minimum absolute atomic E-state index is 0.185. The summed E-state index contributed by atoms with van der Waals surface area (Å²) >= 11 is 3.67. The molecule has 1 aromatic carbocycles. The van der Waals surface area contributed by atoms with Crippen molar-refractivity contribution in [1.82, 2.24) is 4.98 Å². The maximum Gasteiger partial charge on any atom is 0.0508 e. The number of anilines is 1. The summed E-state index contributed by atoms with van der Waals surface area (Å²) in [5.41, 5.74) is 9.43. The Kier molecular flexibility index (Phi) is 5.76. The minimum Gasteiger partial charge on any atom is -0.373 e. The molecular formula is C17H22BrN3. The maximum absolute atomic E-state index is 5.85. The normalized spacial score (nSPS) is 12.2. The first-order chi connectivity index (χ1) is 10.1. The smallest absolute Gasteiger partial charge is 0.0508 e. The first-order valence-electron chi connectivity index (χ1n) is 7.21. The summed E-state index contributed by atoms with van der Waals surface area (Å²) in [6.45, 7) is 2.96. The summed E-state index contributed by atoms with van der Waals surface area (Å²) < 4.78 is 1.11. The minimum atomic E-state index is 0.185. The van der Waals surface area contributed by atoms with Gasteiger partial charge in [0.2, 0.25) is 0 Å². The van der Waals surface area contributed by atoms with Gasteiger partial charge < -0.3 is 10.6 Å². The van der Waals surface area contributed by atoms with Crippen LogP contribution < -0.4 is 10.6 Å². The van der Waals surface area contributed by atoms with Crippen molar-refractivity contribution in [1.29, 1.82) is 0 Å². The highest BCUT2D eigenvalue weighted by Crippen LogP contribution is 2.27. The van der Waals surface area contributed by atoms with Crippen LogP contribution in [0.5, 0.6) is 0 Å². The molecule has 21 heavy (non-hydrogen) atoms. The molecule has 0 aliphatic rings. The van der Waals surface area contributed by atoms with E-state index in [1.807, 2.05) is 25.3 Å². The topological polar surface area (TPSA) is 42.1 Å². The van der Waals surface area contributed by atoms with Gasteiger partial charge in [0.1, 0.15) is 0 Å².